The van der Waals surface area contributed by atoms with Crippen LogP contribution in [0.5, 0.6) is 0 Å². The van der Waals surface area contributed by atoms with Crippen LogP contribution >= 0.6 is 0 Å². The zero-order valence-electron chi connectivity index (χ0n) is 12.9. The van der Waals surface area contributed by atoms with E-state index in [2.05, 4.69) is 0 Å². The molecule has 0 saturated carbocycles. The lowest BCUT2D eigenvalue weighted by Crippen LogP contribution is -2.41. The standard InChI is InChI=1S/C17H18N2O4/c1-11(20)19-10-12(13-5-2-3-6-14(13)19)9-16(21)18-8-4-7-15(18)17(22)23/h2-3,5-6,10,15H,4,7-9H2,1H3,(H,22,23). The van der Waals surface area contributed by atoms with Gasteiger partial charge in [0.1, 0.15) is 6.04 Å². The first-order valence-corrected chi connectivity index (χ1v) is 7.61. The molecule has 1 aromatic heterocycles. The molecule has 1 aliphatic rings. The molecule has 0 radical (unpaired) electrons. The van der Waals surface area contributed by atoms with Gasteiger partial charge >= 0.3 is 5.97 Å². The predicted molar refractivity (Wildman–Crippen MR) is 84.3 cm³/mol. The lowest BCUT2D eigenvalue weighted by molar-refractivity contribution is -0.147. The van der Waals surface area contributed by atoms with Crippen LogP contribution in [0.1, 0.15) is 30.1 Å². The lowest BCUT2D eigenvalue weighted by Gasteiger charge is -2.21. The zero-order valence-corrected chi connectivity index (χ0v) is 12.9. The van der Waals surface area contributed by atoms with Gasteiger partial charge in [-0.25, -0.2) is 4.79 Å². The molecule has 1 unspecified atom stereocenters. The van der Waals surface area contributed by atoms with E-state index in [4.69, 9.17) is 0 Å². The number of aliphatic carboxylic acids is 1. The third-order valence-corrected chi connectivity index (χ3v) is 4.33. The summed E-state index contributed by atoms with van der Waals surface area (Å²) in [6, 6.07) is 6.67. The number of benzene rings is 1. The summed E-state index contributed by atoms with van der Waals surface area (Å²) in [5, 5.41) is 10.1. The number of likely N-dealkylation sites (tertiary alicyclic amines) is 1. The molecule has 6 heteroatoms. The minimum absolute atomic E-state index is 0.102. The first kappa shape index (κ1) is 15.3. The molecule has 6 nitrogen and oxygen atoms in total. The minimum atomic E-state index is -0.956. The van der Waals surface area contributed by atoms with Gasteiger partial charge in [0.05, 0.1) is 11.9 Å². The number of carbonyl (C=O) groups is 3. The van der Waals surface area contributed by atoms with Crippen molar-refractivity contribution in [2.75, 3.05) is 6.54 Å². The lowest BCUT2D eigenvalue weighted by atomic mass is 10.1. The molecule has 1 fully saturated rings. The molecule has 0 spiro atoms. The number of carboxylic acids is 1. The van der Waals surface area contributed by atoms with Crippen LogP contribution < -0.4 is 0 Å². The Labute approximate surface area is 133 Å². The van der Waals surface area contributed by atoms with Crippen LogP contribution in [-0.4, -0.2) is 44.9 Å². The molecule has 1 saturated heterocycles. The summed E-state index contributed by atoms with van der Waals surface area (Å²) < 4.78 is 1.52. The van der Waals surface area contributed by atoms with E-state index in [-0.39, 0.29) is 18.2 Å². The number of rotatable bonds is 3. The van der Waals surface area contributed by atoms with Gasteiger partial charge in [0.15, 0.2) is 0 Å². The van der Waals surface area contributed by atoms with E-state index in [0.29, 0.717) is 19.4 Å². The normalized spacial score (nSPS) is 17.6. The molecular weight excluding hydrogens is 296 g/mol. The first-order chi connectivity index (χ1) is 11.0. The van der Waals surface area contributed by atoms with Crippen molar-refractivity contribution in [2.24, 2.45) is 0 Å². The van der Waals surface area contributed by atoms with Gasteiger partial charge in [-0.3, -0.25) is 14.2 Å². The van der Waals surface area contributed by atoms with Gasteiger partial charge in [0.2, 0.25) is 11.8 Å². The van der Waals surface area contributed by atoms with Crippen LogP contribution in [0.15, 0.2) is 30.5 Å². The van der Waals surface area contributed by atoms with Crippen molar-refractivity contribution in [3.8, 4) is 0 Å². The fraction of sp³-hybridized carbons (Fsp3) is 0.353. The Morgan fingerprint density at radius 2 is 2.00 bits per heavy atom. The number of carboxylic acid groups (broad SMARTS) is 1. The molecule has 3 rings (SSSR count). The van der Waals surface area contributed by atoms with Gasteiger partial charge in [0.25, 0.3) is 0 Å². The molecule has 1 aliphatic heterocycles. The third kappa shape index (κ3) is 2.72. The summed E-state index contributed by atoms with van der Waals surface area (Å²) in [6.45, 7) is 1.94. The van der Waals surface area contributed by atoms with Crippen molar-refractivity contribution in [3.63, 3.8) is 0 Å². The summed E-state index contributed by atoms with van der Waals surface area (Å²) in [6.07, 6.45) is 2.98. The number of hydrogen-bond acceptors (Lipinski definition) is 3. The maximum Gasteiger partial charge on any atom is 0.326 e. The molecule has 1 amide bonds. The number of fused-ring (bicyclic) bond motifs is 1. The summed E-state index contributed by atoms with van der Waals surface area (Å²) in [4.78, 5) is 36.9. The van der Waals surface area contributed by atoms with Crippen LogP contribution in [0.4, 0.5) is 0 Å². The number of aromatic nitrogens is 1. The predicted octanol–water partition coefficient (Wildman–Crippen LogP) is 1.92. The Morgan fingerprint density at radius 1 is 1.26 bits per heavy atom. The van der Waals surface area contributed by atoms with E-state index in [0.717, 1.165) is 16.5 Å². The highest BCUT2D eigenvalue weighted by molar-refractivity contribution is 5.96. The van der Waals surface area contributed by atoms with Gasteiger partial charge in [-0.15, -0.1) is 0 Å². The SMILES string of the molecule is CC(=O)n1cc(CC(=O)N2CCCC2C(=O)O)c2ccccc21. The molecule has 0 bridgehead atoms. The number of carbonyl (C=O) groups excluding carboxylic acids is 2. The van der Waals surface area contributed by atoms with E-state index in [1.54, 1.807) is 6.20 Å². The van der Waals surface area contributed by atoms with E-state index < -0.39 is 12.0 Å². The maximum absolute atomic E-state index is 12.5. The quantitative estimate of drug-likeness (QED) is 0.938. The summed E-state index contributed by atoms with van der Waals surface area (Å²) >= 11 is 0. The van der Waals surface area contributed by atoms with Crippen LogP contribution in [0.2, 0.25) is 0 Å². The van der Waals surface area contributed by atoms with E-state index in [9.17, 15) is 19.5 Å². The fourth-order valence-corrected chi connectivity index (χ4v) is 3.24. The van der Waals surface area contributed by atoms with Crippen molar-refractivity contribution in [1.29, 1.82) is 0 Å². The molecule has 23 heavy (non-hydrogen) atoms. The summed E-state index contributed by atoms with van der Waals surface area (Å²) in [5.74, 6) is -1.28. The van der Waals surface area contributed by atoms with Crippen molar-refractivity contribution >= 4 is 28.7 Å². The molecule has 2 aromatic rings. The van der Waals surface area contributed by atoms with Gasteiger partial charge < -0.3 is 10.0 Å². The second-order valence-electron chi connectivity index (χ2n) is 5.82. The van der Waals surface area contributed by atoms with Crippen molar-refractivity contribution in [2.45, 2.75) is 32.2 Å². The van der Waals surface area contributed by atoms with Crippen molar-refractivity contribution in [3.05, 3.63) is 36.0 Å². The number of hydrogen-bond donors (Lipinski definition) is 1. The largest absolute Gasteiger partial charge is 0.480 e. The topological polar surface area (TPSA) is 79.6 Å². The van der Waals surface area contributed by atoms with Crippen molar-refractivity contribution in [1.82, 2.24) is 9.47 Å². The highest BCUT2D eigenvalue weighted by Gasteiger charge is 2.34. The van der Waals surface area contributed by atoms with Gasteiger partial charge in [-0.2, -0.15) is 0 Å². The summed E-state index contributed by atoms with van der Waals surface area (Å²) in [5.41, 5.74) is 1.51. The third-order valence-electron chi connectivity index (χ3n) is 4.33. The first-order valence-electron chi connectivity index (χ1n) is 7.61. The Morgan fingerprint density at radius 3 is 2.70 bits per heavy atom. The Balaban J connectivity index is 1.91. The second-order valence-corrected chi connectivity index (χ2v) is 5.82. The summed E-state index contributed by atoms with van der Waals surface area (Å²) in [7, 11) is 0. The number of para-hydroxylation sites is 1. The Bertz CT molecular complexity index is 793. The molecule has 0 aliphatic carbocycles. The highest BCUT2D eigenvalue weighted by Crippen LogP contribution is 2.24. The zero-order chi connectivity index (χ0) is 16.6. The van der Waals surface area contributed by atoms with Gasteiger partial charge in [-0.05, 0) is 24.5 Å². The molecule has 1 N–H and O–H groups in total. The van der Waals surface area contributed by atoms with Crippen LogP contribution in [0.3, 0.4) is 0 Å². The average molecular weight is 314 g/mol. The monoisotopic (exact) mass is 314 g/mol. The second kappa shape index (κ2) is 5.87. The Kier molecular flexibility index (Phi) is 3.90. The van der Waals surface area contributed by atoms with Crippen molar-refractivity contribution < 1.29 is 19.5 Å². The Hall–Kier alpha value is -2.63. The fourth-order valence-electron chi connectivity index (χ4n) is 3.24. The highest BCUT2D eigenvalue weighted by atomic mass is 16.4. The maximum atomic E-state index is 12.5. The molecule has 2 heterocycles. The van der Waals surface area contributed by atoms with E-state index >= 15 is 0 Å². The van der Waals surface area contributed by atoms with E-state index in [1.165, 1.54) is 16.4 Å². The van der Waals surface area contributed by atoms with Gasteiger partial charge in [-0.1, -0.05) is 18.2 Å². The van der Waals surface area contributed by atoms with Crippen LogP contribution in [0.25, 0.3) is 10.9 Å². The van der Waals surface area contributed by atoms with Gasteiger partial charge in [0, 0.05) is 25.1 Å². The molecular formula is C17H18N2O4. The smallest absolute Gasteiger partial charge is 0.326 e. The molecule has 1 aromatic carbocycles. The number of nitrogens with zero attached hydrogens (tertiary/aromatic N) is 2. The van der Waals surface area contributed by atoms with E-state index in [1.807, 2.05) is 24.3 Å². The average Bonchev–Trinajstić information content (AvgIpc) is 3.12. The van der Waals surface area contributed by atoms with Crippen LogP contribution in [-0.2, 0) is 16.0 Å². The minimum Gasteiger partial charge on any atom is -0.480 e. The van der Waals surface area contributed by atoms with Crippen LogP contribution in [0, 0.1) is 0 Å². The number of amides is 1. The molecule has 1 atom stereocenters. The molecule has 120 valence electrons.